The molecule has 0 fully saturated rings. The number of carbonyl (C=O) groups is 1. The molecule has 2 rings (SSSR count). The molecule has 2 aromatic rings. The van der Waals surface area contributed by atoms with Gasteiger partial charge >= 0.3 is 0 Å². The van der Waals surface area contributed by atoms with Crippen LogP contribution in [0.1, 0.15) is 20.3 Å². The third-order valence-corrected chi connectivity index (χ3v) is 3.07. The van der Waals surface area contributed by atoms with E-state index in [1.807, 2.05) is 50.2 Å². The molecule has 6 heteroatoms. The second-order valence-electron chi connectivity index (χ2n) is 5.70. The van der Waals surface area contributed by atoms with Crippen LogP contribution in [0.3, 0.4) is 0 Å². The number of pyridine rings is 2. The SMILES string of the molecule is C=CCNC(=O)C(N)CC(C)C.[Ni].c1ccc(-c2ccccn2)nc1. The standard InChI is InChI=1S/C10H8N2.C9H18N2O.Ni/c1-3-7-11-9(5-1)10-6-2-4-8-12-10;1-4-5-11-9(12)8(10)6-7(2)3;/h1-8H;4,7-8H,1,5-6,10H2,2-3H3,(H,11,12);. The van der Waals surface area contributed by atoms with E-state index in [-0.39, 0.29) is 28.4 Å². The van der Waals surface area contributed by atoms with Gasteiger partial charge in [-0.2, -0.15) is 0 Å². The van der Waals surface area contributed by atoms with Crippen molar-refractivity contribution in [3.8, 4) is 11.4 Å². The summed E-state index contributed by atoms with van der Waals surface area (Å²) in [6.45, 7) is 8.07. The van der Waals surface area contributed by atoms with Crippen LogP contribution in [-0.2, 0) is 21.3 Å². The molecule has 1 amide bonds. The van der Waals surface area contributed by atoms with Crippen LogP contribution >= 0.6 is 0 Å². The van der Waals surface area contributed by atoms with E-state index in [0.29, 0.717) is 12.5 Å². The first-order chi connectivity index (χ1) is 11.5. The summed E-state index contributed by atoms with van der Waals surface area (Å²) in [5.41, 5.74) is 7.44. The number of amides is 1. The minimum atomic E-state index is -0.384. The summed E-state index contributed by atoms with van der Waals surface area (Å²) in [5, 5.41) is 2.66. The van der Waals surface area contributed by atoms with E-state index >= 15 is 0 Å². The minimum Gasteiger partial charge on any atom is -0.351 e. The molecule has 0 spiro atoms. The molecule has 1 atom stereocenters. The van der Waals surface area contributed by atoms with Crippen molar-refractivity contribution in [2.45, 2.75) is 26.3 Å². The third-order valence-electron chi connectivity index (χ3n) is 3.07. The van der Waals surface area contributed by atoms with Crippen LogP contribution < -0.4 is 11.1 Å². The van der Waals surface area contributed by atoms with Crippen LogP contribution in [0.25, 0.3) is 11.4 Å². The molecule has 25 heavy (non-hydrogen) atoms. The quantitative estimate of drug-likeness (QED) is 0.592. The van der Waals surface area contributed by atoms with Gasteiger partial charge in [-0.15, -0.1) is 6.58 Å². The molecule has 0 aliphatic heterocycles. The molecule has 0 bridgehead atoms. The number of hydrogen-bond donors (Lipinski definition) is 2. The fourth-order valence-corrected chi connectivity index (χ4v) is 1.95. The number of rotatable bonds is 6. The second kappa shape index (κ2) is 13.3. The van der Waals surface area contributed by atoms with Gasteiger partial charge in [-0.05, 0) is 36.6 Å². The summed E-state index contributed by atoms with van der Waals surface area (Å²) in [4.78, 5) is 19.5. The van der Waals surface area contributed by atoms with Crippen LogP contribution in [0.15, 0.2) is 61.4 Å². The average Bonchev–Trinajstić information content (AvgIpc) is 2.61. The fourth-order valence-electron chi connectivity index (χ4n) is 1.95. The van der Waals surface area contributed by atoms with Gasteiger partial charge in [-0.25, -0.2) is 0 Å². The summed E-state index contributed by atoms with van der Waals surface area (Å²) in [7, 11) is 0. The molecule has 0 aromatic carbocycles. The number of nitrogens with zero attached hydrogens (tertiary/aromatic N) is 2. The van der Waals surface area contributed by atoms with Crippen LogP contribution in [0.5, 0.6) is 0 Å². The van der Waals surface area contributed by atoms with Gasteiger partial charge in [-0.1, -0.05) is 32.1 Å². The van der Waals surface area contributed by atoms with E-state index in [0.717, 1.165) is 17.8 Å². The third kappa shape index (κ3) is 9.75. The first-order valence-corrected chi connectivity index (χ1v) is 8.01. The Morgan fingerprint density at radius 3 is 2.04 bits per heavy atom. The first-order valence-electron chi connectivity index (χ1n) is 8.01. The molecule has 2 heterocycles. The number of hydrogen-bond acceptors (Lipinski definition) is 4. The van der Waals surface area contributed by atoms with Gasteiger partial charge in [0.25, 0.3) is 0 Å². The molecule has 5 nitrogen and oxygen atoms in total. The van der Waals surface area contributed by atoms with E-state index in [9.17, 15) is 4.79 Å². The van der Waals surface area contributed by atoms with Gasteiger partial charge in [0.05, 0.1) is 17.4 Å². The Labute approximate surface area is 160 Å². The predicted octanol–water partition coefficient (Wildman–Crippen LogP) is 2.80. The van der Waals surface area contributed by atoms with Crippen molar-refractivity contribution in [2.75, 3.05) is 6.54 Å². The Bertz CT molecular complexity index is 568. The molecule has 0 saturated carbocycles. The van der Waals surface area contributed by atoms with Crippen LogP contribution in [-0.4, -0.2) is 28.5 Å². The molecule has 0 aliphatic carbocycles. The molecular formula is C19H26N4NiO. The van der Waals surface area contributed by atoms with E-state index in [4.69, 9.17) is 5.73 Å². The smallest absolute Gasteiger partial charge is 0.237 e. The summed E-state index contributed by atoms with van der Waals surface area (Å²) < 4.78 is 0. The van der Waals surface area contributed by atoms with E-state index < -0.39 is 0 Å². The van der Waals surface area contributed by atoms with Crippen molar-refractivity contribution in [1.82, 2.24) is 15.3 Å². The van der Waals surface area contributed by atoms with Gasteiger partial charge < -0.3 is 11.1 Å². The van der Waals surface area contributed by atoms with Crippen molar-refractivity contribution >= 4 is 5.91 Å². The normalized spacial score (nSPS) is 10.7. The summed E-state index contributed by atoms with van der Waals surface area (Å²) in [5.74, 6) is 0.359. The molecule has 2 aromatic heterocycles. The molecule has 3 N–H and O–H groups in total. The fraction of sp³-hybridized carbons (Fsp3) is 0.316. The van der Waals surface area contributed by atoms with Gasteiger partial charge in [-0.3, -0.25) is 14.8 Å². The van der Waals surface area contributed by atoms with Crippen molar-refractivity contribution in [3.63, 3.8) is 0 Å². The molecule has 0 radical (unpaired) electrons. The average molecular weight is 385 g/mol. The zero-order valence-corrected chi connectivity index (χ0v) is 15.7. The van der Waals surface area contributed by atoms with E-state index in [2.05, 4.69) is 21.9 Å². The Kier molecular flexibility index (Phi) is 12.2. The molecule has 0 saturated heterocycles. The Hall–Kier alpha value is -2.04. The van der Waals surface area contributed by atoms with Gasteiger partial charge in [0.1, 0.15) is 0 Å². The molecule has 1 unspecified atom stereocenters. The maximum absolute atomic E-state index is 11.2. The zero-order valence-electron chi connectivity index (χ0n) is 14.7. The van der Waals surface area contributed by atoms with Gasteiger partial charge in [0.15, 0.2) is 0 Å². The van der Waals surface area contributed by atoms with Crippen LogP contribution in [0.4, 0.5) is 0 Å². The first kappa shape index (κ1) is 23.0. The largest absolute Gasteiger partial charge is 0.351 e. The number of nitrogens with one attached hydrogen (secondary N) is 1. The maximum Gasteiger partial charge on any atom is 0.237 e. The van der Waals surface area contributed by atoms with Gasteiger partial charge in [0.2, 0.25) is 5.91 Å². The summed E-state index contributed by atoms with van der Waals surface area (Å²) >= 11 is 0. The summed E-state index contributed by atoms with van der Waals surface area (Å²) in [6.07, 6.45) is 5.90. The van der Waals surface area contributed by atoms with Crippen molar-refractivity contribution in [3.05, 3.63) is 61.4 Å². The van der Waals surface area contributed by atoms with Crippen molar-refractivity contribution < 1.29 is 21.3 Å². The Morgan fingerprint density at radius 1 is 1.16 bits per heavy atom. The molecule has 0 aliphatic rings. The van der Waals surface area contributed by atoms with Crippen LogP contribution in [0, 0.1) is 5.92 Å². The maximum atomic E-state index is 11.2. The monoisotopic (exact) mass is 384 g/mol. The van der Waals surface area contributed by atoms with Gasteiger partial charge in [0, 0.05) is 35.4 Å². The van der Waals surface area contributed by atoms with E-state index in [1.54, 1.807) is 18.5 Å². The number of nitrogens with two attached hydrogens (primary N) is 1. The Morgan fingerprint density at radius 2 is 1.68 bits per heavy atom. The summed E-state index contributed by atoms with van der Waals surface area (Å²) in [6, 6.07) is 11.2. The zero-order chi connectivity index (χ0) is 17.8. The van der Waals surface area contributed by atoms with Crippen LogP contribution in [0.2, 0.25) is 0 Å². The Balaban J connectivity index is 0.000000443. The predicted molar refractivity (Wildman–Crippen MR) is 98.1 cm³/mol. The number of carbonyl (C=O) groups excluding carboxylic acids is 1. The second-order valence-corrected chi connectivity index (χ2v) is 5.70. The molecular weight excluding hydrogens is 359 g/mol. The van der Waals surface area contributed by atoms with Crippen molar-refractivity contribution in [2.24, 2.45) is 11.7 Å². The topological polar surface area (TPSA) is 80.9 Å². The van der Waals surface area contributed by atoms with E-state index in [1.165, 1.54) is 0 Å². The minimum absolute atomic E-state index is 0. The molecule has 138 valence electrons. The van der Waals surface area contributed by atoms with Crippen molar-refractivity contribution in [1.29, 1.82) is 0 Å². The number of aromatic nitrogens is 2.